The van der Waals surface area contributed by atoms with Crippen LogP contribution in [0.3, 0.4) is 0 Å². The molecular weight excluding hydrogens is 318 g/mol. The number of nitrogens with zero attached hydrogens (tertiary/aromatic N) is 5. The Morgan fingerprint density at radius 2 is 2.12 bits per heavy atom. The summed E-state index contributed by atoms with van der Waals surface area (Å²) in [6.07, 6.45) is 4.34. The van der Waals surface area contributed by atoms with E-state index in [1.165, 1.54) is 6.33 Å². The Bertz CT molecular complexity index is 938. The predicted octanol–water partition coefficient (Wildman–Crippen LogP) is 1.93. The Labute approximate surface area is 144 Å². The molecule has 0 aliphatic carbocycles. The molecule has 3 aromatic rings. The van der Waals surface area contributed by atoms with Crippen LogP contribution < -0.4 is 10.2 Å². The van der Waals surface area contributed by atoms with Crippen molar-refractivity contribution in [2.45, 2.75) is 18.9 Å². The van der Waals surface area contributed by atoms with Gasteiger partial charge in [-0.2, -0.15) is 10.4 Å². The third-order valence-electron chi connectivity index (χ3n) is 4.43. The number of fused-ring (bicyclic) bond motifs is 1. The molecule has 25 heavy (non-hydrogen) atoms. The summed E-state index contributed by atoms with van der Waals surface area (Å²) in [4.78, 5) is 10.5. The lowest BCUT2D eigenvalue weighted by atomic mass is 10.0. The molecule has 126 valence electrons. The van der Waals surface area contributed by atoms with E-state index in [0.717, 1.165) is 42.7 Å². The minimum atomic E-state index is -0.238. The Morgan fingerprint density at radius 1 is 1.28 bits per heavy atom. The molecule has 1 aromatic carbocycles. The first-order valence-electron chi connectivity index (χ1n) is 8.13. The summed E-state index contributed by atoms with van der Waals surface area (Å²) >= 11 is 0. The third-order valence-corrected chi connectivity index (χ3v) is 4.43. The van der Waals surface area contributed by atoms with E-state index in [1.54, 1.807) is 6.20 Å². The van der Waals surface area contributed by atoms with E-state index in [4.69, 9.17) is 0 Å². The van der Waals surface area contributed by atoms with Gasteiger partial charge in [-0.3, -0.25) is 5.10 Å². The predicted molar refractivity (Wildman–Crippen MR) is 93.6 cm³/mol. The van der Waals surface area contributed by atoms with E-state index < -0.39 is 0 Å². The molecule has 0 saturated carbocycles. The van der Waals surface area contributed by atoms with Crippen LogP contribution in [0.2, 0.25) is 0 Å². The molecule has 1 aliphatic rings. The van der Waals surface area contributed by atoms with E-state index in [0.29, 0.717) is 17.0 Å². The number of H-pyrrole nitrogens is 1. The number of piperidine rings is 1. The van der Waals surface area contributed by atoms with Crippen LogP contribution in [0.5, 0.6) is 0 Å². The Balaban J connectivity index is 1.61. The fraction of sp³-hybridized carbons (Fsp3) is 0.294. The summed E-state index contributed by atoms with van der Waals surface area (Å²) in [5.74, 6) is 0.636. The highest BCUT2D eigenvalue weighted by Gasteiger charge is 2.19. The second kappa shape index (κ2) is 6.37. The van der Waals surface area contributed by atoms with Crippen molar-refractivity contribution in [1.82, 2.24) is 20.2 Å². The van der Waals surface area contributed by atoms with Crippen LogP contribution in [0, 0.1) is 11.3 Å². The first kappa shape index (κ1) is 15.4. The monoisotopic (exact) mass is 335 g/mol. The van der Waals surface area contributed by atoms with Crippen LogP contribution >= 0.6 is 0 Å². The first-order chi connectivity index (χ1) is 12.2. The van der Waals surface area contributed by atoms with Crippen molar-refractivity contribution in [3.63, 3.8) is 0 Å². The second-order valence-corrected chi connectivity index (χ2v) is 6.04. The molecule has 8 nitrogen and oxygen atoms in total. The SMILES string of the molecule is N#Cc1cc(Nc2ncnc3[nH]ncc23)ccc1N1CCC(O)CC1. The van der Waals surface area contributed by atoms with Gasteiger partial charge in [-0.25, -0.2) is 9.97 Å². The molecule has 1 saturated heterocycles. The number of nitrogens with one attached hydrogen (secondary N) is 2. The van der Waals surface area contributed by atoms with Gasteiger partial charge in [-0.05, 0) is 31.0 Å². The van der Waals surface area contributed by atoms with Crippen LogP contribution in [0.25, 0.3) is 11.0 Å². The number of aliphatic hydroxyl groups is 1. The van der Waals surface area contributed by atoms with Crippen molar-refractivity contribution < 1.29 is 5.11 Å². The number of anilines is 3. The first-order valence-corrected chi connectivity index (χ1v) is 8.13. The molecule has 8 heteroatoms. The lowest BCUT2D eigenvalue weighted by Crippen LogP contribution is -2.36. The number of hydrogen-bond donors (Lipinski definition) is 3. The molecule has 3 N–H and O–H groups in total. The quantitative estimate of drug-likeness (QED) is 0.670. The molecule has 3 heterocycles. The highest BCUT2D eigenvalue weighted by molar-refractivity contribution is 5.88. The molecule has 0 spiro atoms. The lowest BCUT2D eigenvalue weighted by Gasteiger charge is -2.32. The number of nitriles is 1. The molecular formula is C17H17N7O. The minimum absolute atomic E-state index is 0.238. The van der Waals surface area contributed by atoms with E-state index >= 15 is 0 Å². The highest BCUT2D eigenvalue weighted by atomic mass is 16.3. The molecule has 0 radical (unpaired) electrons. The van der Waals surface area contributed by atoms with Gasteiger partial charge in [-0.1, -0.05) is 0 Å². The fourth-order valence-electron chi connectivity index (χ4n) is 3.09. The maximum Gasteiger partial charge on any atom is 0.160 e. The van der Waals surface area contributed by atoms with E-state index in [2.05, 4.69) is 36.5 Å². The Kier molecular flexibility index (Phi) is 3.91. The summed E-state index contributed by atoms with van der Waals surface area (Å²) in [6, 6.07) is 7.94. The van der Waals surface area contributed by atoms with Crippen LogP contribution in [0.15, 0.2) is 30.7 Å². The van der Waals surface area contributed by atoms with Crippen molar-refractivity contribution in [1.29, 1.82) is 5.26 Å². The summed E-state index contributed by atoms with van der Waals surface area (Å²) in [7, 11) is 0. The van der Waals surface area contributed by atoms with Crippen molar-refractivity contribution in [2.75, 3.05) is 23.3 Å². The maximum absolute atomic E-state index is 9.66. The largest absolute Gasteiger partial charge is 0.393 e. The summed E-state index contributed by atoms with van der Waals surface area (Å²) in [6.45, 7) is 1.51. The number of rotatable bonds is 3. The number of hydrogen-bond acceptors (Lipinski definition) is 7. The van der Waals surface area contributed by atoms with Gasteiger partial charge in [0.2, 0.25) is 0 Å². The number of aliphatic hydroxyl groups excluding tert-OH is 1. The topological polar surface area (TPSA) is 114 Å². The molecule has 2 aromatic heterocycles. The molecule has 0 unspecified atom stereocenters. The van der Waals surface area contributed by atoms with Gasteiger partial charge in [-0.15, -0.1) is 0 Å². The van der Waals surface area contributed by atoms with Gasteiger partial charge in [0.25, 0.3) is 0 Å². The van der Waals surface area contributed by atoms with Crippen LogP contribution in [0.4, 0.5) is 17.2 Å². The third kappa shape index (κ3) is 2.97. The van der Waals surface area contributed by atoms with E-state index in [-0.39, 0.29) is 6.10 Å². The van der Waals surface area contributed by atoms with E-state index in [9.17, 15) is 10.4 Å². The Hall–Kier alpha value is -3.18. The number of aromatic amines is 1. The maximum atomic E-state index is 9.66. The zero-order chi connectivity index (χ0) is 17.2. The summed E-state index contributed by atoms with van der Waals surface area (Å²) < 4.78 is 0. The average molecular weight is 335 g/mol. The zero-order valence-corrected chi connectivity index (χ0v) is 13.5. The fourth-order valence-corrected chi connectivity index (χ4v) is 3.09. The van der Waals surface area contributed by atoms with E-state index in [1.807, 2.05) is 18.2 Å². The minimum Gasteiger partial charge on any atom is -0.393 e. The standard InChI is InChI=1S/C17H17N7O/c18-8-11-7-12(1-2-15(11)24-5-3-13(25)4-6-24)22-16-14-9-21-23-17(14)20-10-19-16/h1-2,7,9-10,13,25H,3-6H2,(H2,19,20,21,22,23). The normalized spacial score (nSPS) is 15.3. The smallest absolute Gasteiger partial charge is 0.160 e. The van der Waals surface area contributed by atoms with Gasteiger partial charge >= 0.3 is 0 Å². The molecule has 4 rings (SSSR count). The van der Waals surface area contributed by atoms with Gasteiger partial charge < -0.3 is 15.3 Å². The molecule has 0 atom stereocenters. The molecule has 0 amide bonds. The molecule has 0 bridgehead atoms. The van der Waals surface area contributed by atoms with Crippen molar-refractivity contribution in [3.8, 4) is 6.07 Å². The van der Waals surface area contributed by atoms with Gasteiger partial charge in [0.1, 0.15) is 18.2 Å². The van der Waals surface area contributed by atoms with Gasteiger partial charge in [0.05, 0.1) is 28.9 Å². The molecule has 1 fully saturated rings. The van der Waals surface area contributed by atoms with Crippen LogP contribution in [-0.4, -0.2) is 44.5 Å². The lowest BCUT2D eigenvalue weighted by molar-refractivity contribution is 0.145. The Morgan fingerprint density at radius 3 is 2.92 bits per heavy atom. The van der Waals surface area contributed by atoms with Crippen LogP contribution in [0.1, 0.15) is 18.4 Å². The van der Waals surface area contributed by atoms with Crippen molar-refractivity contribution in [3.05, 3.63) is 36.3 Å². The summed E-state index contributed by atoms with van der Waals surface area (Å²) in [5.41, 5.74) is 2.93. The molecule has 1 aliphatic heterocycles. The van der Waals surface area contributed by atoms with Crippen molar-refractivity contribution >= 4 is 28.2 Å². The van der Waals surface area contributed by atoms with Crippen molar-refractivity contribution in [2.24, 2.45) is 0 Å². The highest BCUT2D eigenvalue weighted by Crippen LogP contribution is 2.28. The average Bonchev–Trinajstić information content (AvgIpc) is 3.12. The van der Waals surface area contributed by atoms with Crippen LogP contribution in [-0.2, 0) is 0 Å². The number of benzene rings is 1. The second-order valence-electron chi connectivity index (χ2n) is 6.04. The number of aromatic nitrogens is 4. The zero-order valence-electron chi connectivity index (χ0n) is 13.5. The van der Waals surface area contributed by atoms with Gasteiger partial charge in [0.15, 0.2) is 5.65 Å². The van der Waals surface area contributed by atoms with Gasteiger partial charge in [0, 0.05) is 18.8 Å². The summed E-state index contributed by atoms with van der Waals surface area (Å²) in [5, 5.41) is 30.0.